The lowest BCUT2D eigenvalue weighted by Gasteiger charge is -2.19. The van der Waals surface area contributed by atoms with E-state index in [-0.39, 0.29) is 0 Å². The molecule has 0 aliphatic rings. The van der Waals surface area contributed by atoms with Crippen molar-refractivity contribution in [2.24, 2.45) is 12.8 Å². The number of carbonyl (C=O) groups excluding carboxylic acids is 1. The molecule has 2 aromatic carbocycles. The maximum absolute atomic E-state index is 11.0. The molecule has 0 spiro atoms. The average Bonchev–Trinajstić information content (AvgIpc) is 3.16. The van der Waals surface area contributed by atoms with E-state index in [2.05, 4.69) is 15.6 Å². The predicted octanol–water partition coefficient (Wildman–Crippen LogP) is 3.10. The second kappa shape index (κ2) is 8.70. The monoisotopic (exact) mass is 416 g/mol. The number of nitrogens with two attached hydrogens (primary N) is 1. The van der Waals surface area contributed by atoms with Crippen molar-refractivity contribution in [3.8, 4) is 0 Å². The van der Waals surface area contributed by atoms with Gasteiger partial charge in [-0.2, -0.15) is 4.98 Å². The average molecular weight is 416 g/mol. The van der Waals surface area contributed by atoms with Crippen LogP contribution in [0.25, 0.3) is 10.9 Å². The molecule has 9 heteroatoms. The number of fused-ring (bicyclic) bond motifs is 1. The number of primary amides is 1. The van der Waals surface area contributed by atoms with Crippen molar-refractivity contribution in [3.63, 3.8) is 0 Å². The van der Waals surface area contributed by atoms with Gasteiger partial charge >= 0.3 is 6.03 Å². The Labute approximate surface area is 179 Å². The number of para-hydroxylation sites is 1. The molecule has 0 bridgehead atoms. The van der Waals surface area contributed by atoms with Gasteiger partial charge in [0.2, 0.25) is 5.95 Å². The minimum atomic E-state index is -0.583. The molecule has 4 aromatic rings. The number of amides is 2. The van der Waals surface area contributed by atoms with Gasteiger partial charge in [0, 0.05) is 44.1 Å². The van der Waals surface area contributed by atoms with E-state index >= 15 is 0 Å². The highest BCUT2D eigenvalue weighted by molar-refractivity contribution is 5.90. The van der Waals surface area contributed by atoms with E-state index in [0.717, 1.165) is 28.1 Å². The molecule has 31 heavy (non-hydrogen) atoms. The van der Waals surface area contributed by atoms with Crippen molar-refractivity contribution < 1.29 is 4.79 Å². The molecular weight excluding hydrogens is 392 g/mol. The molecular formula is C22H24N8O. The van der Waals surface area contributed by atoms with E-state index in [0.29, 0.717) is 24.7 Å². The third kappa shape index (κ3) is 4.72. The minimum absolute atomic E-state index is 0.570. The summed E-state index contributed by atoms with van der Waals surface area (Å²) in [6.45, 7) is 1.16. The molecule has 0 saturated heterocycles. The van der Waals surface area contributed by atoms with Gasteiger partial charge in [-0.05, 0) is 29.8 Å². The van der Waals surface area contributed by atoms with E-state index in [1.54, 1.807) is 6.20 Å². The fourth-order valence-electron chi connectivity index (χ4n) is 3.24. The highest BCUT2D eigenvalue weighted by Gasteiger charge is 2.13. The summed E-state index contributed by atoms with van der Waals surface area (Å²) in [5.74, 6) is 2.30. The van der Waals surface area contributed by atoms with Gasteiger partial charge in [0.25, 0.3) is 0 Å². The Hall–Kier alpha value is -4.14. The van der Waals surface area contributed by atoms with E-state index in [1.165, 1.54) is 0 Å². The van der Waals surface area contributed by atoms with Crippen molar-refractivity contribution in [3.05, 3.63) is 72.3 Å². The maximum atomic E-state index is 11.0. The molecule has 0 unspecified atom stereocenters. The van der Waals surface area contributed by atoms with E-state index < -0.39 is 6.03 Å². The Balaban J connectivity index is 1.56. The normalized spacial score (nSPS) is 10.8. The summed E-state index contributed by atoms with van der Waals surface area (Å²) in [5, 5.41) is 6.92. The topological polar surface area (TPSA) is 114 Å². The van der Waals surface area contributed by atoms with Crippen molar-refractivity contribution >= 4 is 34.4 Å². The maximum Gasteiger partial charge on any atom is 0.316 e. The van der Waals surface area contributed by atoms with Gasteiger partial charge in [0.05, 0.1) is 12.1 Å². The number of nitrogens with one attached hydrogen (secondary N) is 2. The van der Waals surface area contributed by atoms with Crippen LogP contribution in [0.2, 0.25) is 0 Å². The van der Waals surface area contributed by atoms with Gasteiger partial charge in [-0.15, -0.1) is 0 Å². The Morgan fingerprint density at radius 1 is 1.13 bits per heavy atom. The predicted molar refractivity (Wildman–Crippen MR) is 122 cm³/mol. The van der Waals surface area contributed by atoms with Gasteiger partial charge in [0.1, 0.15) is 11.6 Å². The zero-order chi connectivity index (χ0) is 21.8. The number of imidazole rings is 1. The van der Waals surface area contributed by atoms with Crippen LogP contribution in [0, 0.1) is 0 Å². The van der Waals surface area contributed by atoms with Crippen molar-refractivity contribution in [2.45, 2.75) is 13.1 Å². The SMILES string of the molecule is CN(Cc1nccn1C)c1nc(NCc2ccc(NC(N)=O)cc2)c2ccccc2n1. The first-order valence-corrected chi connectivity index (χ1v) is 9.83. The van der Waals surface area contributed by atoms with Crippen LogP contribution in [0.1, 0.15) is 11.4 Å². The molecule has 2 aromatic heterocycles. The van der Waals surface area contributed by atoms with Crippen LogP contribution in [-0.2, 0) is 20.1 Å². The Morgan fingerprint density at radius 3 is 2.61 bits per heavy atom. The molecule has 4 rings (SSSR count). The molecule has 9 nitrogen and oxygen atoms in total. The second-order valence-electron chi connectivity index (χ2n) is 7.24. The van der Waals surface area contributed by atoms with Gasteiger partial charge < -0.3 is 25.8 Å². The lowest BCUT2D eigenvalue weighted by atomic mass is 10.2. The fourth-order valence-corrected chi connectivity index (χ4v) is 3.24. The third-order valence-electron chi connectivity index (χ3n) is 4.91. The number of hydrogen-bond acceptors (Lipinski definition) is 6. The summed E-state index contributed by atoms with van der Waals surface area (Å²) in [4.78, 5) is 26.8. The molecule has 2 heterocycles. The number of urea groups is 1. The quantitative estimate of drug-likeness (QED) is 0.427. The standard InChI is InChI=1S/C22H24N8O/c1-29-12-11-24-19(29)14-30(2)22-27-18-6-4-3-5-17(18)20(28-22)25-13-15-7-9-16(10-8-15)26-21(23)31/h3-12H,13-14H2,1-2H3,(H3,23,26,31)(H,25,27,28). The van der Waals surface area contributed by atoms with Gasteiger partial charge in [-0.1, -0.05) is 24.3 Å². The van der Waals surface area contributed by atoms with Crippen LogP contribution < -0.4 is 21.3 Å². The van der Waals surface area contributed by atoms with Crippen molar-refractivity contribution in [1.82, 2.24) is 19.5 Å². The Kier molecular flexibility index (Phi) is 5.65. The van der Waals surface area contributed by atoms with E-state index in [4.69, 9.17) is 15.7 Å². The smallest absolute Gasteiger partial charge is 0.316 e. The summed E-state index contributed by atoms with van der Waals surface area (Å²) < 4.78 is 1.98. The minimum Gasteiger partial charge on any atom is -0.365 e. The van der Waals surface area contributed by atoms with E-state index in [9.17, 15) is 4.79 Å². The molecule has 0 saturated carbocycles. The van der Waals surface area contributed by atoms with Crippen LogP contribution in [0.3, 0.4) is 0 Å². The highest BCUT2D eigenvalue weighted by Crippen LogP contribution is 2.24. The third-order valence-corrected chi connectivity index (χ3v) is 4.91. The molecule has 2 amide bonds. The number of rotatable bonds is 7. The lowest BCUT2D eigenvalue weighted by Crippen LogP contribution is -2.22. The molecule has 0 aliphatic heterocycles. The number of aromatic nitrogens is 4. The van der Waals surface area contributed by atoms with Gasteiger partial charge in [0.15, 0.2) is 0 Å². The summed E-state index contributed by atoms with van der Waals surface area (Å²) in [6.07, 6.45) is 3.70. The summed E-state index contributed by atoms with van der Waals surface area (Å²) in [7, 11) is 3.92. The van der Waals surface area contributed by atoms with Crippen molar-refractivity contribution in [1.29, 1.82) is 0 Å². The largest absolute Gasteiger partial charge is 0.365 e. The van der Waals surface area contributed by atoms with Gasteiger partial charge in [-0.25, -0.2) is 14.8 Å². The number of carbonyl (C=O) groups is 1. The van der Waals surface area contributed by atoms with Crippen LogP contribution in [0.15, 0.2) is 60.9 Å². The number of nitrogens with zero attached hydrogens (tertiary/aromatic N) is 5. The first-order valence-electron chi connectivity index (χ1n) is 9.83. The first-order chi connectivity index (χ1) is 15.0. The molecule has 0 radical (unpaired) electrons. The van der Waals surface area contributed by atoms with Gasteiger partial charge in [-0.3, -0.25) is 0 Å². The van der Waals surface area contributed by atoms with Crippen LogP contribution in [0.5, 0.6) is 0 Å². The second-order valence-corrected chi connectivity index (χ2v) is 7.24. The van der Waals surface area contributed by atoms with Crippen LogP contribution in [-0.4, -0.2) is 32.6 Å². The summed E-state index contributed by atoms with van der Waals surface area (Å²) in [5.41, 5.74) is 7.71. The molecule has 0 fully saturated rings. The number of anilines is 3. The zero-order valence-corrected chi connectivity index (χ0v) is 17.4. The van der Waals surface area contributed by atoms with Crippen LogP contribution >= 0.6 is 0 Å². The molecule has 158 valence electrons. The summed E-state index contributed by atoms with van der Waals surface area (Å²) >= 11 is 0. The Bertz CT molecular complexity index is 1200. The van der Waals surface area contributed by atoms with E-state index in [1.807, 2.05) is 78.3 Å². The molecule has 0 atom stereocenters. The highest BCUT2D eigenvalue weighted by atomic mass is 16.2. The molecule has 0 aliphatic carbocycles. The number of hydrogen-bond donors (Lipinski definition) is 3. The zero-order valence-electron chi connectivity index (χ0n) is 17.4. The molecule has 4 N–H and O–H groups in total. The van der Waals surface area contributed by atoms with Crippen molar-refractivity contribution in [2.75, 3.05) is 22.6 Å². The fraction of sp³-hybridized carbons (Fsp3) is 0.182. The number of benzene rings is 2. The van der Waals surface area contributed by atoms with Crippen LogP contribution in [0.4, 0.5) is 22.2 Å². The lowest BCUT2D eigenvalue weighted by molar-refractivity contribution is 0.259. The first kappa shape index (κ1) is 20.1. The summed E-state index contributed by atoms with van der Waals surface area (Å²) in [6, 6.07) is 14.8. The number of aryl methyl sites for hydroxylation is 1. The Morgan fingerprint density at radius 2 is 1.90 bits per heavy atom.